The van der Waals surface area contributed by atoms with Gasteiger partial charge >= 0.3 is 0 Å². The average molecular weight is 261 g/mol. The van der Waals surface area contributed by atoms with Crippen molar-refractivity contribution in [1.29, 1.82) is 0 Å². The van der Waals surface area contributed by atoms with Crippen LogP contribution in [0.4, 0.5) is 13.2 Å². The zero-order valence-corrected chi connectivity index (χ0v) is 10.8. The maximum absolute atomic E-state index is 13.9. The molecule has 0 bridgehead atoms. The van der Waals surface area contributed by atoms with E-state index in [4.69, 9.17) is 4.74 Å². The molecular formula is C13H18F3NO. The number of methoxy groups -OCH3 is 1. The summed E-state index contributed by atoms with van der Waals surface area (Å²) < 4.78 is 45.5. The summed E-state index contributed by atoms with van der Waals surface area (Å²) in [5.74, 6) is -0.567. The first-order valence-electron chi connectivity index (χ1n) is 5.83. The van der Waals surface area contributed by atoms with Gasteiger partial charge in [0.05, 0.1) is 12.7 Å². The SMILES string of the molecule is CCCNC(C)(c1c(F)cccc1OC)C(F)F. The molecule has 2 nitrogen and oxygen atoms in total. The maximum atomic E-state index is 13.9. The molecule has 0 aliphatic heterocycles. The number of alkyl halides is 2. The quantitative estimate of drug-likeness (QED) is 0.848. The molecule has 0 spiro atoms. The van der Waals surface area contributed by atoms with Crippen LogP contribution >= 0.6 is 0 Å². The molecule has 0 fully saturated rings. The van der Waals surface area contributed by atoms with E-state index in [1.165, 1.54) is 26.2 Å². The zero-order valence-electron chi connectivity index (χ0n) is 10.8. The van der Waals surface area contributed by atoms with E-state index >= 15 is 0 Å². The van der Waals surface area contributed by atoms with Gasteiger partial charge in [-0.15, -0.1) is 0 Å². The van der Waals surface area contributed by atoms with Gasteiger partial charge in [0.15, 0.2) is 0 Å². The van der Waals surface area contributed by atoms with Crippen LogP contribution in [0.5, 0.6) is 5.75 Å². The second-order valence-electron chi connectivity index (χ2n) is 4.25. The lowest BCUT2D eigenvalue weighted by atomic mass is 9.90. The Hall–Kier alpha value is -1.23. The molecule has 18 heavy (non-hydrogen) atoms. The minimum atomic E-state index is -2.74. The van der Waals surface area contributed by atoms with E-state index in [9.17, 15) is 13.2 Å². The van der Waals surface area contributed by atoms with Crippen molar-refractivity contribution in [3.63, 3.8) is 0 Å². The van der Waals surface area contributed by atoms with E-state index in [0.29, 0.717) is 13.0 Å². The Morgan fingerprint density at radius 1 is 1.39 bits per heavy atom. The third-order valence-corrected chi connectivity index (χ3v) is 2.89. The fourth-order valence-corrected chi connectivity index (χ4v) is 1.84. The van der Waals surface area contributed by atoms with Gasteiger partial charge in [-0.2, -0.15) is 0 Å². The van der Waals surface area contributed by atoms with Crippen LogP contribution in [0, 0.1) is 5.82 Å². The van der Waals surface area contributed by atoms with Crippen LogP contribution in [-0.2, 0) is 5.54 Å². The van der Waals surface area contributed by atoms with Crippen molar-refractivity contribution >= 4 is 0 Å². The molecule has 1 atom stereocenters. The summed E-state index contributed by atoms with van der Waals surface area (Å²) in [4.78, 5) is 0. The van der Waals surface area contributed by atoms with Crippen molar-refractivity contribution in [3.05, 3.63) is 29.6 Å². The standard InChI is InChI=1S/C13H18F3NO/c1-4-8-17-13(2,12(15)16)11-9(14)6-5-7-10(11)18-3/h5-7,12,17H,4,8H2,1-3H3. The van der Waals surface area contributed by atoms with E-state index in [-0.39, 0.29) is 11.3 Å². The van der Waals surface area contributed by atoms with Gasteiger partial charge in [-0.3, -0.25) is 0 Å². The lowest BCUT2D eigenvalue weighted by Crippen LogP contribution is -2.47. The molecule has 0 aliphatic rings. The lowest BCUT2D eigenvalue weighted by molar-refractivity contribution is 0.0348. The lowest BCUT2D eigenvalue weighted by Gasteiger charge is -2.32. The average Bonchev–Trinajstić information content (AvgIpc) is 2.35. The van der Waals surface area contributed by atoms with Crippen molar-refractivity contribution in [2.75, 3.05) is 13.7 Å². The molecule has 0 amide bonds. The molecular weight excluding hydrogens is 243 g/mol. The molecule has 0 radical (unpaired) electrons. The summed E-state index contributed by atoms with van der Waals surface area (Å²) in [6, 6.07) is 4.07. The Morgan fingerprint density at radius 3 is 2.56 bits per heavy atom. The van der Waals surface area contributed by atoms with Crippen molar-refractivity contribution in [2.24, 2.45) is 0 Å². The monoisotopic (exact) mass is 261 g/mol. The van der Waals surface area contributed by atoms with Gasteiger partial charge in [0.1, 0.15) is 17.1 Å². The summed E-state index contributed by atoms with van der Waals surface area (Å²) in [5, 5.41) is 2.71. The largest absolute Gasteiger partial charge is 0.496 e. The molecule has 0 aliphatic carbocycles. The van der Waals surface area contributed by atoms with Gasteiger partial charge in [-0.05, 0) is 32.0 Å². The minimum absolute atomic E-state index is 0.126. The Morgan fingerprint density at radius 2 is 2.06 bits per heavy atom. The number of hydrogen-bond donors (Lipinski definition) is 1. The molecule has 0 saturated heterocycles. The van der Waals surface area contributed by atoms with Gasteiger partial charge < -0.3 is 10.1 Å². The Labute approximate surface area is 105 Å². The van der Waals surface area contributed by atoms with Crippen LogP contribution in [-0.4, -0.2) is 20.1 Å². The van der Waals surface area contributed by atoms with Crippen LogP contribution in [0.1, 0.15) is 25.8 Å². The van der Waals surface area contributed by atoms with Gasteiger partial charge in [0, 0.05) is 0 Å². The smallest absolute Gasteiger partial charge is 0.260 e. The first-order valence-corrected chi connectivity index (χ1v) is 5.83. The Balaban J connectivity index is 3.28. The Kier molecular flexibility index (Phi) is 5.02. The molecule has 0 aromatic heterocycles. The third-order valence-electron chi connectivity index (χ3n) is 2.89. The summed E-state index contributed by atoms with van der Waals surface area (Å²) >= 11 is 0. The third kappa shape index (κ3) is 2.77. The number of benzene rings is 1. The van der Waals surface area contributed by atoms with E-state index in [2.05, 4.69) is 5.32 Å². The molecule has 102 valence electrons. The molecule has 0 saturated carbocycles. The highest BCUT2D eigenvalue weighted by Gasteiger charge is 2.40. The number of halogens is 3. The number of ether oxygens (including phenoxy) is 1. The topological polar surface area (TPSA) is 21.3 Å². The molecule has 1 aromatic rings. The van der Waals surface area contributed by atoms with Crippen LogP contribution in [0.25, 0.3) is 0 Å². The summed E-state index contributed by atoms with van der Waals surface area (Å²) in [6.45, 7) is 3.52. The van der Waals surface area contributed by atoms with E-state index in [1.807, 2.05) is 6.92 Å². The first-order chi connectivity index (χ1) is 8.47. The Bertz CT molecular complexity index is 398. The zero-order chi connectivity index (χ0) is 13.8. The van der Waals surface area contributed by atoms with E-state index in [1.54, 1.807) is 0 Å². The number of rotatable bonds is 6. The normalized spacial score (nSPS) is 14.6. The van der Waals surface area contributed by atoms with E-state index < -0.39 is 17.8 Å². The van der Waals surface area contributed by atoms with Crippen molar-refractivity contribution < 1.29 is 17.9 Å². The van der Waals surface area contributed by atoms with Gasteiger partial charge in [0.25, 0.3) is 6.43 Å². The minimum Gasteiger partial charge on any atom is -0.496 e. The molecule has 1 N–H and O–H groups in total. The highest BCUT2D eigenvalue weighted by atomic mass is 19.3. The summed E-state index contributed by atoms with van der Waals surface area (Å²) in [7, 11) is 1.34. The summed E-state index contributed by atoms with van der Waals surface area (Å²) in [6.07, 6.45) is -2.06. The molecule has 1 unspecified atom stereocenters. The van der Waals surface area contributed by atoms with Crippen molar-refractivity contribution in [3.8, 4) is 5.75 Å². The predicted octanol–water partition coefficient (Wildman–Crippen LogP) is 3.31. The number of nitrogens with one attached hydrogen (secondary N) is 1. The van der Waals surface area contributed by atoms with Crippen LogP contribution in [0.3, 0.4) is 0 Å². The van der Waals surface area contributed by atoms with Gasteiger partial charge in [-0.1, -0.05) is 13.0 Å². The maximum Gasteiger partial charge on any atom is 0.260 e. The van der Waals surface area contributed by atoms with Crippen molar-refractivity contribution in [1.82, 2.24) is 5.32 Å². The molecule has 0 heterocycles. The highest BCUT2D eigenvalue weighted by molar-refractivity contribution is 5.40. The second-order valence-corrected chi connectivity index (χ2v) is 4.25. The van der Waals surface area contributed by atoms with Crippen LogP contribution in [0.2, 0.25) is 0 Å². The first kappa shape index (κ1) is 14.8. The van der Waals surface area contributed by atoms with Crippen LogP contribution < -0.4 is 10.1 Å². The fraction of sp³-hybridized carbons (Fsp3) is 0.538. The van der Waals surface area contributed by atoms with Gasteiger partial charge in [0.2, 0.25) is 0 Å². The second kappa shape index (κ2) is 6.09. The fourth-order valence-electron chi connectivity index (χ4n) is 1.84. The highest BCUT2D eigenvalue weighted by Crippen LogP contribution is 2.36. The molecule has 5 heteroatoms. The number of hydrogen-bond acceptors (Lipinski definition) is 2. The van der Waals surface area contributed by atoms with Crippen LogP contribution in [0.15, 0.2) is 18.2 Å². The molecule has 1 aromatic carbocycles. The molecule has 1 rings (SSSR count). The predicted molar refractivity (Wildman–Crippen MR) is 64.6 cm³/mol. The van der Waals surface area contributed by atoms with Gasteiger partial charge in [-0.25, -0.2) is 13.2 Å². The van der Waals surface area contributed by atoms with Crippen molar-refractivity contribution in [2.45, 2.75) is 32.2 Å². The van der Waals surface area contributed by atoms with E-state index in [0.717, 1.165) is 6.07 Å². The summed E-state index contributed by atoms with van der Waals surface area (Å²) in [5.41, 5.74) is -1.89.